The minimum Gasteiger partial charge on any atom is -0.485 e. The first-order valence-corrected chi connectivity index (χ1v) is 9.59. The van der Waals surface area contributed by atoms with Crippen molar-refractivity contribution in [3.05, 3.63) is 72.0 Å². The van der Waals surface area contributed by atoms with Gasteiger partial charge in [0, 0.05) is 31.3 Å². The summed E-state index contributed by atoms with van der Waals surface area (Å²) < 4.78 is 21.0. The molecule has 0 unspecified atom stereocenters. The molecule has 0 fully saturated rings. The number of pyridine rings is 1. The van der Waals surface area contributed by atoms with Gasteiger partial charge in [-0.25, -0.2) is 4.79 Å². The number of carbonyl (C=O) groups excluding carboxylic acids is 1. The molecule has 0 N–H and O–H groups in total. The molecule has 0 radical (unpaired) electrons. The third-order valence-corrected chi connectivity index (χ3v) is 4.18. The number of ether oxygens (including phenoxy) is 2. The predicted octanol–water partition coefficient (Wildman–Crippen LogP) is 3.19. The average molecular weight is 421 g/mol. The molecule has 31 heavy (non-hydrogen) atoms. The summed E-state index contributed by atoms with van der Waals surface area (Å²) in [7, 11) is 0. The van der Waals surface area contributed by atoms with Gasteiger partial charge in [-0.05, 0) is 42.8 Å². The lowest BCUT2D eigenvalue weighted by molar-refractivity contribution is 0.0498. The van der Waals surface area contributed by atoms with E-state index in [1.54, 1.807) is 49.6 Å². The Kier molecular flexibility index (Phi) is 6.26. The summed E-state index contributed by atoms with van der Waals surface area (Å²) in [6, 6.07) is 10.3. The van der Waals surface area contributed by atoms with Gasteiger partial charge in [0.25, 0.3) is 0 Å². The van der Waals surface area contributed by atoms with E-state index in [4.69, 9.17) is 18.5 Å². The number of aryl methyl sites for hydroxylation is 2. The van der Waals surface area contributed by atoms with E-state index in [1.807, 2.05) is 6.07 Å². The summed E-state index contributed by atoms with van der Waals surface area (Å²) in [5, 5.41) is 7.69. The van der Waals surface area contributed by atoms with Crippen molar-refractivity contribution < 1.29 is 23.3 Å². The first-order valence-electron chi connectivity index (χ1n) is 9.59. The van der Waals surface area contributed by atoms with Crippen LogP contribution < -0.4 is 4.74 Å². The maximum atomic E-state index is 12.2. The van der Waals surface area contributed by atoms with Crippen molar-refractivity contribution >= 4 is 5.97 Å². The van der Waals surface area contributed by atoms with Crippen molar-refractivity contribution in [3.8, 4) is 17.1 Å². The number of carbonyl (C=O) groups is 1. The first kappa shape index (κ1) is 20.2. The van der Waals surface area contributed by atoms with Gasteiger partial charge in [-0.3, -0.25) is 4.98 Å². The van der Waals surface area contributed by atoms with Gasteiger partial charge in [-0.1, -0.05) is 10.3 Å². The van der Waals surface area contributed by atoms with Gasteiger partial charge in [0.05, 0.1) is 12.2 Å². The maximum absolute atomic E-state index is 12.2. The van der Waals surface area contributed by atoms with Crippen molar-refractivity contribution in [1.82, 2.24) is 25.3 Å². The highest BCUT2D eigenvalue weighted by molar-refractivity contribution is 5.89. The van der Waals surface area contributed by atoms with Gasteiger partial charge >= 0.3 is 5.97 Å². The predicted molar refractivity (Wildman–Crippen MR) is 106 cm³/mol. The van der Waals surface area contributed by atoms with E-state index >= 15 is 0 Å². The summed E-state index contributed by atoms with van der Waals surface area (Å²) in [6.07, 6.45) is 4.41. The van der Waals surface area contributed by atoms with Crippen LogP contribution in [0.25, 0.3) is 11.4 Å². The number of benzene rings is 1. The van der Waals surface area contributed by atoms with E-state index in [0.29, 0.717) is 47.6 Å². The summed E-state index contributed by atoms with van der Waals surface area (Å²) in [5.41, 5.74) is 1.21. The molecule has 1 aromatic carbocycles. The van der Waals surface area contributed by atoms with Crippen molar-refractivity contribution in [3.63, 3.8) is 0 Å². The Morgan fingerprint density at radius 2 is 1.94 bits per heavy atom. The molecule has 0 atom stereocenters. The highest BCUT2D eigenvalue weighted by Crippen LogP contribution is 2.16. The number of hydrogen-bond donors (Lipinski definition) is 0. The molecule has 0 saturated carbocycles. The molecule has 3 heterocycles. The van der Waals surface area contributed by atoms with Crippen molar-refractivity contribution in [2.75, 3.05) is 6.61 Å². The fourth-order valence-electron chi connectivity index (χ4n) is 2.68. The minimum atomic E-state index is -0.415. The van der Waals surface area contributed by atoms with E-state index in [0.717, 1.165) is 5.56 Å². The van der Waals surface area contributed by atoms with Crippen molar-refractivity contribution in [1.29, 1.82) is 0 Å². The zero-order valence-electron chi connectivity index (χ0n) is 16.7. The Balaban J connectivity index is 1.20. The van der Waals surface area contributed by atoms with E-state index in [2.05, 4.69) is 25.3 Å². The van der Waals surface area contributed by atoms with E-state index in [-0.39, 0.29) is 13.2 Å². The number of hydrogen-bond acceptors (Lipinski definition) is 10. The van der Waals surface area contributed by atoms with Gasteiger partial charge in [0.2, 0.25) is 23.4 Å². The molecule has 0 amide bonds. The van der Waals surface area contributed by atoms with Crippen LogP contribution in [0.5, 0.6) is 5.75 Å². The lowest BCUT2D eigenvalue weighted by Gasteiger charge is -2.06. The largest absolute Gasteiger partial charge is 0.485 e. The van der Waals surface area contributed by atoms with Gasteiger partial charge < -0.3 is 18.5 Å². The SMILES string of the molecule is Cc1nc(COc2ccc(C(=O)OCCCc3nc(-c4cccnc4)no3)cc2)no1. The van der Waals surface area contributed by atoms with Crippen LogP contribution in [-0.2, 0) is 17.8 Å². The molecule has 4 aromatic rings. The van der Waals surface area contributed by atoms with Crippen LogP contribution in [0.3, 0.4) is 0 Å². The standard InChI is InChI=1S/C21H19N5O5/c1-14-23-18(25-30-14)13-29-17-8-6-15(7-9-17)21(27)28-11-3-5-19-24-20(26-31-19)16-4-2-10-22-12-16/h2,4,6-10,12H,3,5,11,13H2,1H3. The third-order valence-electron chi connectivity index (χ3n) is 4.18. The number of esters is 1. The van der Waals surface area contributed by atoms with Crippen molar-refractivity contribution in [2.45, 2.75) is 26.4 Å². The summed E-state index contributed by atoms with van der Waals surface area (Å²) in [5.74, 6) is 2.06. The molecule has 0 aliphatic rings. The van der Waals surface area contributed by atoms with Crippen LogP contribution >= 0.6 is 0 Å². The lowest BCUT2D eigenvalue weighted by atomic mass is 10.2. The number of rotatable bonds is 9. The zero-order valence-corrected chi connectivity index (χ0v) is 16.7. The summed E-state index contributed by atoms with van der Waals surface area (Å²) in [4.78, 5) is 24.6. The quantitative estimate of drug-likeness (QED) is 0.294. The zero-order chi connectivity index (χ0) is 21.5. The smallest absolute Gasteiger partial charge is 0.338 e. The third kappa shape index (κ3) is 5.50. The van der Waals surface area contributed by atoms with E-state index in [1.165, 1.54) is 0 Å². The van der Waals surface area contributed by atoms with Crippen LogP contribution in [0, 0.1) is 6.92 Å². The summed E-state index contributed by atoms with van der Waals surface area (Å²) >= 11 is 0. The second kappa shape index (κ2) is 9.61. The second-order valence-electron chi connectivity index (χ2n) is 6.54. The normalized spacial score (nSPS) is 10.7. The van der Waals surface area contributed by atoms with Gasteiger partial charge in [-0.15, -0.1) is 0 Å². The Hall–Kier alpha value is -4.08. The molecule has 0 bridgehead atoms. The highest BCUT2D eigenvalue weighted by atomic mass is 16.5. The number of nitrogens with zero attached hydrogens (tertiary/aromatic N) is 5. The fraction of sp³-hybridized carbons (Fsp3) is 0.238. The fourth-order valence-corrected chi connectivity index (χ4v) is 2.68. The highest BCUT2D eigenvalue weighted by Gasteiger charge is 2.11. The summed E-state index contributed by atoms with van der Waals surface area (Å²) in [6.45, 7) is 2.12. The van der Waals surface area contributed by atoms with Crippen LogP contribution in [-0.4, -0.2) is 37.8 Å². The lowest BCUT2D eigenvalue weighted by Crippen LogP contribution is -2.07. The Labute approximate surface area is 177 Å². The molecular weight excluding hydrogens is 402 g/mol. The molecule has 0 aliphatic heterocycles. The van der Waals surface area contributed by atoms with Crippen molar-refractivity contribution in [2.24, 2.45) is 0 Å². The first-order chi connectivity index (χ1) is 15.2. The van der Waals surface area contributed by atoms with Gasteiger partial charge in [-0.2, -0.15) is 9.97 Å². The van der Waals surface area contributed by atoms with E-state index in [9.17, 15) is 4.79 Å². The Morgan fingerprint density at radius 3 is 2.68 bits per heavy atom. The molecule has 10 heteroatoms. The molecule has 158 valence electrons. The van der Waals surface area contributed by atoms with Gasteiger partial charge in [0.15, 0.2) is 6.61 Å². The molecule has 4 rings (SSSR count). The Bertz CT molecular complexity index is 1120. The van der Waals surface area contributed by atoms with Crippen LogP contribution in [0.1, 0.15) is 34.4 Å². The average Bonchev–Trinajstić information content (AvgIpc) is 3.45. The molecular formula is C21H19N5O5. The molecule has 10 nitrogen and oxygen atoms in total. The van der Waals surface area contributed by atoms with Crippen LogP contribution in [0.2, 0.25) is 0 Å². The van der Waals surface area contributed by atoms with Gasteiger partial charge in [0.1, 0.15) is 5.75 Å². The van der Waals surface area contributed by atoms with E-state index < -0.39 is 5.97 Å². The molecule has 0 saturated heterocycles. The minimum absolute atomic E-state index is 0.180. The van der Waals surface area contributed by atoms with Crippen LogP contribution in [0.15, 0.2) is 57.8 Å². The topological polar surface area (TPSA) is 126 Å². The maximum Gasteiger partial charge on any atom is 0.338 e. The Morgan fingerprint density at radius 1 is 1.06 bits per heavy atom. The van der Waals surface area contributed by atoms with Crippen LogP contribution in [0.4, 0.5) is 0 Å². The second-order valence-corrected chi connectivity index (χ2v) is 6.54. The molecule has 3 aromatic heterocycles. The molecule has 0 aliphatic carbocycles. The number of aromatic nitrogens is 5. The monoisotopic (exact) mass is 421 g/mol. The molecule has 0 spiro atoms.